The van der Waals surface area contributed by atoms with Crippen LogP contribution in [0.4, 0.5) is 19.3 Å². The number of rotatable bonds is 3. The molecule has 1 fully saturated rings. The van der Waals surface area contributed by atoms with Gasteiger partial charge in [-0.15, -0.1) is 0 Å². The molecular weight excluding hydrogens is 366 g/mol. The van der Waals surface area contributed by atoms with Crippen molar-refractivity contribution in [3.05, 3.63) is 66.1 Å². The van der Waals surface area contributed by atoms with Gasteiger partial charge in [0.25, 0.3) is 0 Å². The molecule has 1 saturated heterocycles. The number of para-hydroxylation sites is 1. The highest BCUT2D eigenvalue weighted by atomic mass is 19.1. The molecule has 6 nitrogen and oxygen atoms in total. The number of halogens is 2. The van der Waals surface area contributed by atoms with Crippen molar-refractivity contribution >= 4 is 11.7 Å². The van der Waals surface area contributed by atoms with Crippen LogP contribution in [0.5, 0.6) is 0 Å². The number of nitrogens with one attached hydrogen (secondary N) is 1. The second-order valence-electron chi connectivity index (χ2n) is 6.66. The average Bonchev–Trinajstić information content (AvgIpc) is 3.21. The molecule has 28 heavy (non-hydrogen) atoms. The Morgan fingerprint density at radius 3 is 2.71 bits per heavy atom. The number of hydrogen-bond acceptors (Lipinski definition) is 4. The summed E-state index contributed by atoms with van der Waals surface area (Å²) in [5.74, 6) is -0.117. The fourth-order valence-electron chi connectivity index (χ4n) is 3.24. The number of carbonyl (C=O) groups excluding carboxylic acids is 1. The van der Waals surface area contributed by atoms with E-state index in [-0.39, 0.29) is 23.5 Å². The van der Waals surface area contributed by atoms with Crippen LogP contribution < -0.4 is 5.32 Å². The first-order valence-corrected chi connectivity index (χ1v) is 9.00. The molecule has 2 heterocycles. The number of nitrogens with zero attached hydrogens (tertiary/aromatic N) is 3. The molecule has 0 radical (unpaired) electrons. The highest BCUT2D eigenvalue weighted by Gasteiger charge is 2.29. The number of benzene rings is 2. The molecule has 144 valence electrons. The Balaban J connectivity index is 1.44. The molecule has 0 saturated carbocycles. The molecule has 1 atom stereocenters. The lowest BCUT2D eigenvalue weighted by Gasteiger charge is -2.31. The number of carbonyl (C=O) groups is 1. The number of anilines is 1. The van der Waals surface area contributed by atoms with Crippen molar-refractivity contribution in [1.29, 1.82) is 0 Å². The summed E-state index contributed by atoms with van der Waals surface area (Å²) in [6.45, 7) is 0.959. The Morgan fingerprint density at radius 2 is 1.93 bits per heavy atom. The van der Waals surface area contributed by atoms with Gasteiger partial charge in [0.1, 0.15) is 11.6 Å². The molecule has 2 amide bonds. The Kier molecular flexibility index (Phi) is 5.01. The van der Waals surface area contributed by atoms with Gasteiger partial charge in [-0.05, 0) is 49.2 Å². The Labute approximate surface area is 160 Å². The number of likely N-dealkylation sites (tertiary alicyclic amines) is 1. The van der Waals surface area contributed by atoms with Gasteiger partial charge in [0.2, 0.25) is 11.7 Å². The normalized spacial score (nSPS) is 16.8. The van der Waals surface area contributed by atoms with Crippen LogP contribution in [0.3, 0.4) is 0 Å². The first-order chi connectivity index (χ1) is 13.6. The summed E-state index contributed by atoms with van der Waals surface area (Å²) < 4.78 is 32.2. The maximum absolute atomic E-state index is 13.8. The zero-order chi connectivity index (χ0) is 19.5. The van der Waals surface area contributed by atoms with Gasteiger partial charge in [0, 0.05) is 18.7 Å². The zero-order valence-corrected chi connectivity index (χ0v) is 14.9. The predicted octanol–water partition coefficient (Wildman–Crippen LogP) is 4.43. The van der Waals surface area contributed by atoms with E-state index in [1.165, 1.54) is 24.3 Å². The van der Waals surface area contributed by atoms with Gasteiger partial charge in [-0.2, -0.15) is 4.98 Å². The van der Waals surface area contributed by atoms with Crippen LogP contribution in [0.1, 0.15) is 24.7 Å². The predicted molar refractivity (Wildman–Crippen MR) is 98.7 cm³/mol. The largest absolute Gasteiger partial charge is 0.339 e. The molecule has 1 aliphatic rings. The minimum atomic E-state index is -0.481. The van der Waals surface area contributed by atoms with E-state index in [9.17, 15) is 13.6 Å². The third-order valence-corrected chi connectivity index (χ3v) is 4.72. The van der Waals surface area contributed by atoms with Crippen LogP contribution in [0.2, 0.25) is 0 Å². The van der Waals surface area contributed by atoms with Crippen molar-refractivity contribution in [3.63, 3.8) is 0 Å². The van der Waals surface area contributed by atoms with Crippen LogP contribution in [-0.4, -0.2) is 34.2 Å². The summed E-state index contributed by atoms with van der Waals surface area (Å²) in [7, 11) is 0. The Morgan fingerprint density at radius 1 is 1.14 bits per heavy atom. The van der Waals surface area contributed by atoms with Crippen LogP contribution in [0.25, 0.3) is 11.4 Å². The molecule has 4 rings (SSSR count). The SMILES string of the molecule is O=C(Nc1ccccc1F)N1CCCC(c2nc(-c3ccc(F)cc3)no2)C1. The van der Waals surface area contributed by atoms with E-state index < -0.39 is 5.82 Å². The zero-order valence-electron chi connectivity index (χ0n) is 14.9. The van der Waals surface area contributed by atoms with Crippen LogP contribution in [0.15, 0.2) is 53.1 Å². The molecule has 0 bridgehead atoms. The summed E-state index contributed by atoms with van der Waals surface area (Å²) in [5.41, 5.74) is 0.798. The summed E-state index contributed by atoms with van der Waals surface area (Å²) in [4.78, 5) is 18.5. The summed E-state index contributed by atoms with van der Waals surface area (Å²) in [5, 5.41) is 6.56. The fourth-order valence-corrected chi connectivity index (χ4v) is 3.24. The second kappa shape index (κ2) is 7.75. The van der Waals surface area contributed by atoms with E-state index in [2.05, 4.69) is 15.5 Å². The molecule has 0 aliphatic carbocycles. The Hall–Kier alpha value is -3.29. The monoisotopic (exact) mass is 384 g/mol. The van der Waals surface area contributed by atoms with Gasteiger partial charge < -0.3 is 14.7 Å². The highest BCUT2D eigenvalue weighted by Crippen LogP contribution is 2.28. The van der Waals surface area contributed by atoms with Crippen molar-refractivity contribution in [1.82, 2.24) is 15.0 Å². The van der Waals surface area contributed by atoms with Crippen molar-refractivity contribution in [3.8, 4) is 11.4 Å². The number of amides is 2. The summed E-state index contributed by atoms with van der Waals surface area (Å²) >= 11 is 0. The van der Waals surface area contributed by atoms with Crippen molar-refractivity contribution in [2.75, 3.05) is 18.4 Å². The lowest BCUT2D eigenvalue weighted by atomic mass is 9.98. The summed E-state index contributed by atoms with van der Waals surface area (Å²) in [6.07, 6.45) is 1.57. The van der Waals surface area contributed by atoms with E-state index in [1.54, 1.807) is 29.2 Å². The number of urea groups is 1. The average molecular weight is 384 g/mol. The van der Waals surface area contributed by atoms with Gasteiger partial charge in [0.15, 0.2) is 0 Å². The van der Waals surface area contributed by atoms with E-state index in [1.807, 2.05) is 0 Å². The highest BCUT2D eigenvalue weighted by molar-refractivity contribution is 5.89. The molecule has 1 N–H and O–H groups in total. The second-order valence-corrected chi connectivity index (χ2v) is 6.66. The molecule has 1 aliphatic heterocycles. The third kappa shape index (κ3) is 3.85. The lowest BCUT2D eigenvalue weighted by Crippen LogP contribution is -2.41. The standard InChI is InChI=1S/C20H18F2N4O2/c21-15-9-7-13(8-10-15)18-24-19(28-25-18)14-4-3-11-26(12-14)20(27)23-17-6-2-1-5-16(17)22/h1-2,5-10,14H,3-4,11-12H2,(H,23,27). The maximum Gasteiger partial charge on any atom is 0.321 e. The van der Waals surface area contributed by atoms with Gasteiger partial charge in [-0.3, -0.25) is 0 Å². The Bertz CT molecular complexity index is 974. The minimum absolute atomic E-state index is 0.109. The van der Waals surface area contributed by atoms with Gasteiger partial charge >= 0.3 is 6.03 Å². The minimum Gasteiger partial charge on any atom is -0.339 e. The lowest BCUT2D eigenvalue weighted by molar-refractivity contribution is 0.184. The number of piperidine rings is 1. The van der Waals surface area contributed by atoms with Gasteiger partial charge in [-0.25, -0.2) is 13.6 Å². The maximum atomic E-state index is 13.8. The van der Waals surface area contributed by atoms with Gasteiger partial charge in [0.05, 0.1) is 11.6 Å². The molecule has 8 heteroatoms. The number of hydrogen-bond donors (Lipinski definition) is 1. The first-order valence-electron chi connectivity index (χ1n) is 9.00. The van der Waals surface area contributed by atoms with E-state index in [0.717, 1.165) is 12.8 Å². The quantitative estimate of drug-likeness (QED) is 0.725. The molecule has 1 unspecified atom stereocenters. The van der Waals surface area contributed by atoms with E-state index in [0.29, 0.717) is 30.4 Å². The van der Waals surface area contributed by atoms with Crippen LogP contribution in [0, 0.1) is 11.6 Å². The smallest absolute Gasteiger partial charge is 0.321 e. The molecule has 3 aromatic rings. The molecular formula is C20H18F2N4O2. The molecule has 0 spiro atoms. The topological polar surface area (TPSA) is 71.3 Å². The first kappa shape index (κ1) is 18.1. The molecule has 1 aromatic heterocycles. The van der Waals surface area contributed by atoms with E-state index >= 15 is 0 Å². The molecule has 2 aromatic carbocycles. The van der Waals surface area contributed by atoms with Crippen molar-refractivity contribution in [2.24, 2.45) is 0 Å². The van der Waals surface area contributed by atoms with E-state index in [4.69, 9.17) is 4.52 Å². The van der Waals surface area contributed by atoms with Crippen molar-refractivity contribution in [2.45, 2.75) is 18.8 Å². The fraction of sp³-hybridized carbons (Fsp3) is 0.250. The number of aromatic nitrogens is 2. The van der Waals surface area contributed by atoms with Crippen LogP contribution in [-0.2, 0) is 0 Å². The van der Waals surface area contributed by atoms with Gasteiger partial charge in [-0.1, -0.05) is 17.3 Å². The summed E-state index contributed by atoms with van der Waals surface area (Å²) in [6, 6.07) is 11.5. The van der Waals surface area contributed by atoms with Crippen LogP contribution >= 0.6 is 0 Å². The third-order valence-electron chi connectivity index (χ3n) is 4.72. The van der Waals surface area contributed by atoms with Crippen molar-refractivity contribution < 1.29 is 18.1 Å².